The van der Waals surface area contributed by atoms with E-state index in [1.807, 2.05) is 6.92 Å². The zero-order valence-electron chi connectivity index (χ0n) is 13.5. The Balaban J connectivity index is 0.000000381. The molecule has 2 aromatic heterocycles. The Kier molecular flexibility index (Phi) is 7.15. The average molecular weight is 362 g/mol. The molecule has 0 atom stereocenters. The van der Waals surface area contributed by atoms with Crippen molar-refractivity contribution in [2.75, 3.05) is 6.54 Å². The van der Waals surface area contributed by atoms with Crippen molar-refractivity contribution < 1.29 is 32.3 Å². The van der Waals surface area contributed by atoms with Crippen LogP contribution >= 0.6 is 0 Å². The highest BCUT2D eigenvalue weighted by atomic mass is 19.4. The highest BCUT2D eigenvalue weighted by Gasteiger charge is 2.38. The molecular weight excluding hydrogens is 345 g/mol. The van der Waals surface area contributed by atoms with E-state index in [4.69, 9.17) is 14.3 Å². The van der Waals surface area contributed by atoms with E-state index in [9.17, 15) is 18.0 Å². The summed E-state index contributed by atoms with van der Waals surface area (Å²) >= 11 is 0. The number of halogens is 3. The molecule has 0 unspecified atom stereocenters. The summed E-state index contributed by atoms with van der Waals surface area (Å²) in [5.74, 6) is -2.09. The van der Waals surface area contributed by atoms with Crippen molar-refractivity contribution in [2.45, 2.75) is 32.9 Å². The van der Waals surface area contributed by atoms with Crippen molar-refractivity contribution in [3.8, 4) is 0 Å². The predicted molar refractivity (Wildman–Crippen MR) is 78.9 cm³/mol. The fourth-order valence-electron chi connectivity index (χ4n) is 1.63. The molecule has 11 heteroatoms. The number of aromatic nitrogens is 3. The van der Waals surface area contributed by atoms with Gasteiger partial charge < -0.3 is 19.8 Å². The molecular formula is C14H17F3N4O4. The average Bonchev–Trinajstić information content (AvgIpc) is 3.16. The van der Waals surface area contributed by atoms with Crippen LogP contribution in [0.4, 0.5) is 13.2 Å². The maximum absolute atomic E-state index is 11.9. The summed E-state index contributed by atoms with van der Waals surface area (Å²) in [5, 5.41) is 9.92. The Morgan fingerprint density at radius 1 is 1.40 bits per heavy atom. The number of carbonyl (C=O) groups is 2. The molecule has 138 valence electrons. The second kappa shape index (κ2) is 8.85. The highest BCUT2D eigenvalue weighted by Crippen LogP contribution is 2.13. The Labute approximate surface area is 140 Å². The summed E-state index contributed by atoms with van der Waals surface area (Å²) in [7, 11) is 0. The van der Waals surface area contributed by atoms with Crippen LogP contribution in [0.25, 0.3) is 0 Å². The number of nitrogens with zero attached hydrogens (tertiary/aromatic N) is 2. The molecule has 0 saturated heterocycles. The number of amides is 1. The van der Waals surface area contributed by atoms with Gasteiger partial charge in [-0.15, -0.1) is 0 Å². The molecule has 0 aliphatic heterocycles. The Morgan fingerprint density at radius 2 is 2.04 bits per heavy atom. The van der Waals surface area contributed by atoms with Gasteiger partial charge in [-0.3, -0.25) is 4.79 Å². The third-order valence-electron chi connectivity index (χ3n) is 2.83. The van der Waals surface area contributed by atoms with Crippen LogP contribution in [0.3, 0.4) is 0 Å². The minimum absolute atomic E-state index is 0.223. The molecule has 2 aromatic rings. The molecule has 0 radical (unpaired) electrons. The minimum Gasteiger partial charge on any atom is -0.475 e. The quantitative estimate of drug-likeness (QED) is 0.747. The third-order valence-corrected chi connectivity index (χ3v) is 2.83. The molecule has 1 amide bonds. The smallest absolute Gasteiger partial charge is 0.475 e. The van der Waals surface area contributed by atoms with E-state index in [-0.39, 0.29) is 5.91 Å². The van der Waals surface area contributed by atoms with Crippen LogP contribution in [0.2, 0.25) is 0 Å². The van der Waals surface area contributed by atoms with Crippen LogP contribution in [0.1, 0.15) is 34.8 Å². The summed E-state index contributed by atoms with van der Waals surface area (Å²) in [5.41, 5.74) is 1.62. The summed E-state index contributed by atoms with van der Waals surface area (Å²) in [6.45, 7) is 4.24. The number of imidazole rings is 1. The summed E-state index contributed by atoms with van der Waals surface area (Å²) in [6.07, 6.45) is -0.339. The number of aromatic amines is 1. The lowest BCUT2D eigenvalue weighted by Gasteiger charge is -2.01. The summed E-state index contributed by atoms with van der Waals surface area (Å²) in [4.78, 5) is 31.8. The SMILES string of the molecule is CCc1nc(C)c(C(=O)NCCc2cnc[nH]2)o1.O=C(O)C(F)(F)F. The van der Waals surface area contributed by atoms with Gasteiger partial charge in [0.25, 0.3) is 5.91 Å². The minimum atomic E-state index is -5.08. The summed E-state index contributed by atoms with van der Waals surface area (Å²) < 4.78 is 37.1. The van der Waals surface area contributed by atoms with Crippen LogP contribution in [-0.2, 0) is 17.6 Å². The first-order valence-corrected chi connectivity index (χ1v) is 7.17. The van der Waals surface area contributed by atoms with Crippen molar-refractivity contribution in [1.82, 2.24) is 20.3 Å². The third kappa shape index (κ3) is 6.65. The lowest BCUT2D eigenvalue weighted by atomic mass is 10.3. The first-order chi connectivity index (χ1) is 11.6. The van der Waals surface area contributed by atoms with Crippen LogP contribution in [-0.4, -0.2) is 44.7 Å². The normalized spacial score (nSPS) is 10.8. The number of aryl methyl sites for hydroxylation is 2. The number of H-pyrrole nitrogens is 1. The first-order valence-electron chi connectivity index (χ1n) is 7.17. The maximum Gasteiger partial charge on any atom is 0.490 e. The fourth-order valence-corrected chi connectivity index (χ4v) is 1.63. The monoisotopic (exact) mass is 362 g/mol. The Hall–Kier alpha value is -2.85. The van der Waals surface area contributed by atoms with E-state index in [1.54, 1.807) is 19.4 Å². The maximum atomic E-state index is 11.9. The number of aliphatic carboxylic acids is 1. The van der Waals surface area contributed by atoms with E-state index >= 15 is 0 Å². The van der Waals surface area contributed by atoms with Gasteiger partial charge in [0, 0.05) is 31.3 Å². The number of hydrogen-bond acceptors (Lipinski definition) is 5. The van der Waals surface area contributed by atoms with Crippen molar-refractivity contribution in [1.29, 1.82) is 0 Å². The topological polar surface area (TPSA) is 121 Å². The lowest BCUT2D eigenvalue weighted by Crippen LogP contribution is -2.26. The molecule has 2 heterocycles. The highest BCUT2D eigenvalue weighted by molar-refractivity contribution is 5.92. The zero-order valence-corrected chi connectivity index (χ0v) is 13.5. The van der Waals surface area contributed by atoms with E-state index in [1.165, 1.54) is 0 Å². The Morgan fingerprint density at radius 3 is 2.48 bits per heavy atom. The molecule has 0 aliphatic rings. The van der Waals surface area contributed by atoms with Crippen LogP contribution in [0.5, 0.6) is 0 Å². The van der Waals surface area contributed by atoms with Gasteiger partial charge in [0.1, 0.15) is 0 Å². The number of carboxylic acid groups (broad SMARTS) is 1. The van der Waals surface area contributed by atoms with Crippen LogP contribution in [0, 0.1) is 6.92 Å². The van der Waals surface area contributed by atoms with E-state index < -0.39 is 12.1 Å². The zero-order chi connectivity index (χ0) is 19.0. The number of hydrogen-bond donors (Lipinski definition) is 3. The van der Waals surface area contributed by atoms with Gasteiger partial charge in [0.05, 0.1) is 12.0 Å². The molecule has 0 aliphatic carbocycles. The number of nitrogens with one attached hydrogen (secondary N) is 2. The molecule has 0 saturated carbocycles. The van der Waals surface area contributed by atoms with Crippen molar-refractivity contribution in [2.24, 2.45) is 0 Å². The molecule has 3 N–H and O–H groups in total. The van der Waals surface area contributed by atoms with E-state index in [2.05, 4.69) is 20.3 Å². The second-order valence-corrected chi connectivity index (χ2v) is 4.76. The molecule has 0 fully saturated rings. The Bertz CT molecular complexity index is 695. The standard InChI is InChI=1S/C12H16N4O2.C2HF3O2/c1-3-10-16-8(2)11(18-10)12(17)14-5-4-9-6-13-7-15-9;3-2(4,5)1(6)7/h6-7H,3-5H2,1-2H3,(H,13,15)(H,14,17);(H,6,7). The fraction of sp³-hybridized carbons (Fsp3) is 0.429. The van der Waals surface area contributed by atoms with Gasteiger partial charge in [-0.1, -0.05) is 6.92 Å². The number of oxazole rings is 1. The van der Waals surface area contributed by atoms with E-state index in [0.717, 1.165) is 5.69 Å². The molecule has 2 rings (SSSR count). The molecule has 25 heavy (non-hydrogen) atoms. The van der Waals surface area contributed by atoms with Gasteiger partial charge in [-0.05, 0) is 6.92 Å². The van der Waals surface area contributed by atoms with Crippen molar-refractivity contribution in [3.63, 3.8) is 0 Å². The second-order valence-electron chi connectivity index (χ2n) is 4.76. The van der Waals surface area contributed by atoms with Crippen molar-refractivity contribution >= 4 is 11.9 Å². The largest absolute Gasteiger partial charge is 0.490 e. The van der Waals surface area contributed by atoms with Gasteiger partial charge in [0.2, 0.25) is 5.76 Å². The van der Waals surface area contributed by atoms with Gasteiger partial charge >= 0.3 is 12.1 Å². The lowest BCUT2D eigenvalue weighted by molar-refractivity contribution is -0.192. The van der Waals surface area contributed by atoms with E-state index in [0.29, 0.717) is 36.7 Å². The number of alkyl halides is 3. The van der Waals surface area contributed by atoms with Crippen LogP contribution in [0.15, 0.2) is 16.9 Å². The number of carbonyl (C=O) groups excluding carboxylic acids is 1. The van der Waals surface area contributed by atoms with Gasteiger partial charge in [-0.2, -0.15) is 13.2 Å². The molecule has 0 bridgehead atoms. The van der Waals surface area contributed by atoms with Gasteiger partial charge in [-0.25, -0.2) is 14.8 Å². The predicted octanol–water partition coefficient (Wildman–Crippen LogP) is 1.87. The molecule has 8 nitrogen and oxygen atoms in total. The molecule has 0 spiro atoms. The number of rotatable bonds is 5. The number of carboxylic acids is 1. The molecule has 0 aromatic carbocycles. The first kappa shape index (κ1) is 20.2. The van der Waals surface area contributed by atoms with Gasteiger partial charge in [0.15, 0.2) is 5.89 Å². The summed E-state index contributed by atoms with van der Waals surface area (Å²) in [6, 6.07) is 0. The van der Waals surface area contributed by atoms with Crippen molar-refractivity contribution in [3.05, 3.63) is 35.6 Å². The van der Waals surface area contributed by atoms with Crippen LogP contribution < -0.4 is 5.32 Å².